The van der Waals surface area contributed by atoms with Gasteiger partial charge in [0.1, 0.15) is 0 Å². The molecule has 1 amide bonds. The van der Waals surface area contributed by atoms with Gasteiger partial charge in [-0.2, -0.15) is 0 Å². The number of hydrogen-bond acceptors (Lipinski definition) is 3. The molecular weight excluding hydrogens is 594 g/mol. The molecule has 0 aliphatic carbocycles. The van der Waals surface area contributed by atoms with E-state index in [1.807, 2.05) is 29.2 Å². The monoisotopic (exact) mass is 624 g/mol. The van der Waals surface area contributed by atoms with E-state index in [-0.39, 0.29) is 44.0 Å². The van der Waals surface area contributed by atoms with Crippen LogP contribution in [0, 0.1) is 5.92 Å². The number of nitrogens with zero attached hydrogens (tertiary/aromatic N) is 2. The first-order valence-electron chi connectivity index (χ1n) is 10.2. The van der Waals surface area contributed by atoms with Gasteiger partial charge in [-0.1, -0.05) is 0 Å². The third kappa shape index (κ3) is 4.62. The van der Waals surface area contributed by atoms with Crippen LogP contribution in [-0.4, -0.2) is 55.4 Å². The van der Waals surface area contributed by atoms with Crippen molar-refractivity contribution in [3.63, 3.8) is 0 Å². The van der Waals surface area contributed by atoms with Crippen molar-refractivity contribution in [2.24, 2.45) is 10.9 Å². The van der Waals surface area contributed by atoms with E-state index in [4.69, 9.17) is 21.0 Å². The first kappa shape index (κ1) is 24.5. The summed E-state index contributed by atoms with van der Waals surface area (Å²) in [5, 5.41) is 0.800. The first-order valence-corrected chi connectivity index (χ1v) is 16.7. The molecule has 1 aromatic rings. The molecule has 1 aromatic carbocycles. The van der Waals surface area contributed by atoms with Crippen LogP contribution in [0.2, 0.25) is 23.2 Å². The van der Waals surface area contributed by atoms with Crippen molar-refractivity contribution < 1.29 is 9.22 Å². The van der Waals surface area contributed by atoms with Crippen molar-refractivity contribution in [3.8, 4) is 0 Å². The molecular formula is C22H30ClIN2O2SeSi. The standard InChI is InChI=1S/C22H30ClIN2O2SeSi/c1-13-17(12-24)29-21(25-16-10-8-15(23)9-11-16)26-19(13)18(20(26)27)14(2)28-30(6,7)22(3,4)5/h8-11,14,18-19H,12H2,1-7H3/t14-,18-,19-/m1/s1. The number of allylic oxidation sites excluding steroid dienone is 1. The van der Waals surface area contributed by atoms with Crippen LogP contribution < -0.4 is 0 Å². The van der Waals surface area contributed by atoms with Crippen LogP contribution in [0.1, 0.15) is 34.6 Å². The summed E-state index contributed by atoms with van der Waals surface area (Å²) in [6.07, 6.45) is -0.104. The van der Waals surface area contributed by atoms with E-state index in [9.17, 15) is 4.79 Å². The van der Waals surface area contributed by atoms with Crippen LogP contribution in [0.5, 0.6) is 0 Å². The number of halogens is 2. The molecule has 3 rings (SSSR count). The summed E-state index contributed by atoms with van der Waals surface area (Å²) in [5.74, 6) is 0.0104. The number of amidine groups is 1. The van der Waals surface area contributed by atoms with Gasteiger partial charge in [-0.3, -0.25) is 0 Å². The minimum absolute atomic E-state index is 0.0472. The number of β-lactam (4-membered cyclic amide) rings is 1. The second-order valence-corrected chi connectivity index (χ2v) is 17.7. The minimum atomic E-state index is -1.96. The molecule has 0 saturated carbocycles. The predicted molar refractivity (Wildman–Crippen MR) is 138 cm³/mol. The summed E-state index contributed by atoms with van der Waals surface area (Å²) in [7, 11) is -1.96. The summed E-state index contributed by atoms with van der Waals surface area (Å²) in [6, 6.07) is 7.54. The fourth-order valence-corrected chi connectivity index (χ4v) is 8.68. The van der Waals surface area contributed by atoms with E-state index in [0.717, 1.165) is 14.8 Å². The Morgan fingerprint density at radius 2 is 1.90 bits per heavy atom. The summed E-state index contributed by atoms with van der Waals surface area (Å²) >= 11 is 8.49. The molecule has 0 aromatic heterocycles. The maximum atomic E-state index is 13.3. The summed E-state index contributed by atoms with van der Waals surface area (Å²) < 4.78 is 9.91. The van der Waals surface area contributed by atoms with Gasteiger partial charge in [0.2, 0.25) is 0 Å². The van der Waals surface area contributed by atoms with Crippen molar-refractivity contribution in [2.75, 3.05) is 4.43 Å². The van der Waals surface area contributed by atoms with Crippen LogP contribution in [-0.2, 0) is 9.22 Å². The number of carbonyl (C=O) groups is 1. The second-order valence-electron chi connectivity index (χ2n) is 9.47. The van der Waals surface area contributed by atoms with Crippen LogP contribution in [0.3, 0.4) is 0 Å². The van der Waals surface area contributed by atoms with Crippen molar-refractivity contribution in [1.29, 1.82) is 0 Å². The number of amides is 1. The number of rotatable bonds is 5. The zero-order valence-electron chi connectivity index (χ0n) is 18.6. The molecule has 0 bridgehead atoms. The molecule has 0 radical (unpaired) electrons. The molecule has 0 spiro atoms. The topological polar surface area (TPSA) is 41.9 Å². The molecule has 2 heterocycles. The zero-order valence-corrected chi connectivity index (χ0v) is 24.3. The molecule has 30 heavy (non-hydrogen) atoms. The average molecular weight is 624 g/mol. The Hall–Kier alpha value is -0.184. The fourth-order valence-electron chi connectivity index (χ4n) is 3.60. The van der Waals surface area contributed by atoms with E-state index in [0.29, 0.717) is 5.02 Å². The van der Waals surface area contributed by atoms with Gasteiger partial charge in [-0.05, 0) is 0 Å². The number of carbonyl (C=O) groups excluding carboxylic acids is 1. The van der Waals surface area contributed by atoms with Gasteiger partial charge in [0, 0.05) is 0 Å². The van der Waals surface area contributed by atoms with Crippen LogP contribution in [0.4, 0.5) is 5.69 Å². The Morgan fingerprint density at radius 1 is 1.30 bits per heavy atom. The van der Waals surface area contributed by atoms with Crippen LogP contribution in [0.15, 0.2) is 39.3 Å². The summed E-state index contributed by atoms with van der Waals surface area (Å²) in [6.45, 7) is 15.5. The second kappa shape index (κ2) is 8.98. The number of hydrogen-bond donors (Lipinski definition) is 0. The van der Waals surface area contributed by atoms with E-state index >= 15 is 0 Å². The van der Waals surface area contributed by atoms with Gasteiger partial charge in [0.25, 0.3) is 0 Å². The molecule has 164 valence electrons. The molecule has 8 heteroatoms. The third-order valence-electron chi connectivity index (χ3n) is 6.41. The number of aliphatic imine (C=N–C) groups is 1. The molecule has 4 nitrogen and oxygen atoms in total. The normalized spacial score (nSPS) is 24.8. The molecule has 2 aliphatic heterocycles. The Kier molecular flexibility index (Phi) is 7.32. The van der Waals surface area contributed by atoms with Crippen molar-refractivity contribution in [3.05, 3.63) is 39.3 Å². The van der Waals surface area contributed by atoms with Gasteiger partial charge in [0.15, 0.2) is 0 Å². The Labute approximate surface area is 206 Å². The Morgan fingerprint density at radius 3 is 2.43 bits per heavy atom. The predicted octanol–water partition coefficient (Wildman–Crippen LogP) is 5.99. The van der Waals surface area contributed by atoms with E-state index in [2.05, 4.69) is 70.3 Å². The fraction of sp³-hybridized carbons (Fsp3) is 0.545. The summed E-state index contributed by atoms with van der Waals surface area (Å²) in [4.78, 5) is 20.1. The van der Waals surface area contributed by atoms with E-state index in [1.54, 1.807) is 0 Å². The molecule has 2 aliphatic rings. The van der Waals surface area contributed by atoms with Crippen molar-refractivity contribution in [1.82, 2.24) is 4.90 Å². The van der Waals surface area contributed by atoms with Crippen LogP contribution in [0.25, 0.3) is 0 Å². The average Bonchev–Trinajstić information content (AvgIpc) is 2.63. The first-order chi connectivity index (χ1) is 13.9. The van der Waals surface area contributed by atoms with Gasteiger partial charge < -0.3 is 0 Å². The SMILES string of the molecule is CC1=C(CI)[Se]C(=Nc2ccc(Cl)cc2)N2C(=O)[C@H]([C@@H](C)O[Si](C)(C)C(C)(C)C)[C@@H]12. The van der Waals surface area contributed by atoms with Gasteiger partial charge in [-0.25, -0.2) is 0 Å². The van der Waals surface area contributed by atoms with Crippen molar-refractivity contribution in [2.45, 2.75) is 64.9 Å². The van der Waals surface area contributed by atoms with Gasteiger partial charge in [-0.15, -0.1) is 0 Å². The molecule has 3 atom stereocenters. The quantitative estimate of drug-likeness (QED) is 0.175. The van der Waals surface area contributed by atoms with Gasteiger partial charge in [0.05, 0.1) is 0 Å². The summed E-state index contributed by atoms with van der Waals surface area (Å²) in [5.41, 5.74) is 2.17. The maximum absolute atomic E-state index is 13.3. The van der Waals surface area contributed by atoms with Crippen molar-refractivity contribution >= 4 is 73.8 Å². The molecule has 0 unspecified atom stereocenters. The molecule has 0 N–H and O–H groups in total. The zero-order chi connectivity index (χ0) is 22.4. The van der Waals surface area contributed by atoms with E-state index < -0.39 is 8.32 Å². The third-order valence-corrected chi connectivity index (χ3v) is 15.6. The Bertz CT molecular complexity index is 895. The number of fused-ring (bicyclic) bond motifs is 1. The van der Waals surface area contributed by atoms with Crippen LogP contribution >= 0.6 is 34.2 Å². The Balaban J connectivity index is 1.91. The van der Waals surface area contributed by atoms with E-state index in [1.165, 1.54) is 10.0 Å². The van der Waals surface area contributed by atoms with Gasteiger partial charge >= 0.3 is 207 Å². The number of benzene rings is 1. The molecule has 1 saturated heterocycles. The number of alkyl halides is 1. The molecule has 1 fully saturated rings.